The van der Waals surface area contributed by atoms with E-state index in [-0.39, 0.29) is 21.6 Å². The number of carbonyl (C=O) groups excluding carboxylic acids is 1. The minimum atomic E-state index is -0.730. The van der Waals surface area contributed by atoms with Gasteiger partial charge in [-0.1, -0.05) is 11.6 Å². The Morgan fingerprint density at radius 2 is 1.92 bits per heavy atom. The van der Waals surface area contributed by atoms with Crippen LogP contribution in [0.4, 0.5) is 4.39 Å². The molecule has 4 saturated carbocycles. The zero-order valence-corrected chi connectivity index (χ0v) is 16.7. The summed E-state index contributed by atoms with van der Waals surface area (Å²) in [5.74, 6) is 0.290. The van der Waals surface area contributed by atoms with Gasteiger partial charge in [-0.3, -0.25) is 0 Å². The summed E-state index contributed by atoms with van der Waals surface area (Å²) >= 11 is 13.0. The summed E-state index contributed by atoms with van der Waals surface area (Å²) in [6.45, 7) is 5.20. The van der Waals surface area contributed by atoms with E-state index < -0.39 is 17.4 Å². The van der Waals surface area contributed by atoms with Crippen LogP contribution in [0.25, 0.3) is 0 Å². The van der Waals surface area contributed by atoms with Gasteiger partial charge >= 0.3 is 5.97 Å². The van der Waals surface area contributed by atoms with Crippen molar-refractivity contribution in [2.75, 3.05) is 0 Å². The second-order valence-electron chi connectivity index (χ2n) is 9.03. The van der Waals surface area contributed by atoms with Crippen LogP contribution < -0.4 is 4.74 Å². The van der Waals surface area contributed by atoms with Crippen molar-refractivity contribution in [3.8, 4) is 5.75 Å². The summed E-state index contributed by atoms with van der Waals surface area (Å²) in [6.07, 6.45) is 4.10. The predicted molar refractivity (Wildman–Crippen MR) is 98.5 cm³/mol. The number of carbonyl (C=O) groups is 1. The van der Waals surface area contributed by atoms with E-state index >= 15 is 0 Å². The lowest BCUT2D eigenvalue weighted by molar-refractivity contribution is 0.00645. The number of halogens is 3. The number of ether oxygens (including phenoxy) is 2. The van der Waals surface area contributed by atoms with E-state index in [2.05, 4.69) is 0 Å². The molecule has 0 aliphatic heterocycles. The van der Waals surface area contributed by atoms with Crippen LogP contribution in [0.15, 0.2) is 12.1 Å². The van der Waals surface area contributed by atoms with Gasteiger partial charge in [0, 0.05) is 16.9 Å². The van der Waals surface area contributed by atoms with E-state index in [1.54, 1.807) is 20.8 Å². The van der Waals surface area contributed by atoms with E-state index in [0.717, 1.165) is 25.7 Å². The molecule has 5 atom stereocenters. The molecule has 26 heavy (non-hydrogen) atoms. The molecule has 0 radical (unpaired) electrons. The fraction of sp³-hybridized carbons (Fsp3) is 0.650. The average Bonchev–Trinajstić information content (AvgIpc) is 2.86. The molecule has 0 saturated heterocycles. The lowest BCUT2D eigenvalue weighted by atomic mass is 9.80. The Morgan fingerprint density at radius 3 is 2.58 bits per heavy atom. The van der Waals surface area contributed by atoms with Crippen molar-refractivity contribution in [2.45, 2.75) is 63.0 Å². The molecule has 0 spiro atoms. The molecule has 0 N–H and O–H groups in total. The average molecular weight is 401 g/mol. The molecular weight excluding hydrogens is 378 g/mol. The van der Waals surface area contributed by atoms with Crippen LogP contribution in [0.3, 0.4) is 0 Å². The second kappa shape index (κ2) is 6.00. The topological polar surface area (TPSA) is 35.5 Å². The monoisotopic (exact) mass is 400 g/mol. The van der Waals surface area contributed by atoms with Gasteiger partial charge in [0.05, 0.1) is 10.6 Å². The van der Waals surface area contributed by atoms with Gasteiger partial charge in [0.1, 0.15) is 23.3 Å². The van der Waals surface area contributed by atoms with Gasteiger partial charge in [-0.05, 0) is 64.4 Å². The molecule has 142 valence electrons. The molecule has 1 aromatic carbocycles. The summed E-state index contributed by atoms with van der Waals surface area (Å²) in [5, 5.41) is 0.227. The van der Waals surface area contributed by atoms with Crippen molar-refractivity contribution in [3.63, 3.8) is 0 Å². The Bertz CT molecular complexity index is 756. The molecule has 4 aliphatic carbocycles. The standard InChI is InChI=1S/C20H23Cl2FO3/c1-19(2,3)26-18(24)12-5-14(21)16(6-15(12)23)25-17-11-4-10-7-20(22,8-11)9-13(10)17/h5-6,10-11,13,17H,4,7-9H2,1-3H3/t10?,11?,13?,17-,20+/m1/s1. The van der Waals surface area contributed by atoms with Crippen molar-refractivity contribution in [1.82, 2.24) is 0 Å². The summed E-state index contributed by atoms with van der Waals surface area (Å²) in [5.41, 5.74) is -0.879. The van der Waals surface area contributed by atoms with E-state index in [0.29, 0.717) is 23.5 Å². The highest BCUT2D eigenvalue weighted by Crippen LogP contribution is 2.63. The lowest BCUT2D eigenvalue weighted by Gasteiger charge is -2.37. The van der Waals surface area contributed by atoms with Crippen LogP contribution in [-0.2, 0) is 4.74 Å². The van der Waals surface area contributed by atoms with Crippen molar-refractivity contribution >= 4 is 29.2 Å². The predicted octanol–water partition coefficient (Wildman–Crippen LogP) is 5.61. The Labute approximate surface area is 163 Å². The summed E-state index contributed by atoms with van der Waals surface area (Å²) in [4.78, 5) is 12.1. The summed E-state index contributed by atoms with van der Waals surface area (Å²) in [7, 11) is 0. The number of rotatable bonds is 3. The molecule has 0 aromatic heterocycles. The Morgan fingerprint density at radius 1 is 1.23 bits per heavy atom. The SMILES string of the molecule is CC(C)(C)OC(=O)c1cc(Cl)c(O[C@@H]2C3CC4C[C@](Cl)(C3)CC42)cc1F. The maximum Gasteiger partial charge on any atom is 0.341 e. The summed E-state index contributed by atoms with van der Waals surface area (Å²) < 4.78 is 25.9. The molecule has 1 aromatic rings. The second-order valence-corrected chi connectivity index (χ2v) is 10.2. The van der Waals surface area contributed by atoms with Crippen LogP contribution in [0.5, 0.6) is 5.75 Å². The van der Waals surface area contributed by atoms with Crippen LogP contribution in [0, 0.1) is 23.6 Å². The number of hydrogen-bond acceptors (Lipinski definition) is 3. The molecule has 5 rings (SSSR count). The zero-order chi connectivity index (χ0) is 18.9. The Hall–Kier alpha value is -1.00. The van der Waals surface area contributed by atoms with E-state index in [9.17, 15) is 9.18 Å². The van der Waals surface area contributed by atoms with Crippen LogP contribution in [0.1, 0.15) is 56.8 Å². The Kier molecular flexibility index (Phi) is 4.24. The van der Waals surface area contributed by atoms with Gasteiger partial charge in [0.15, 0.2) is 0 Å². The normalized spacial score (nSPS) is 35.0. The first-order chi connectivity index (χ1) is 12.0. The fourth-order valence-electron chi connectivity index (χ4n) is 5.08. The third kappa shape index (κ3) is 3.20. The molecule has 4 bridgehead atoms. The van der Waals surface area contributed by atoms with Gasteiger partial charge < -0.3 is 9.47 Å². The first kappa shape index (κ1) is 18.4. The number of esters is 1. The maximum atomic E-state index is 14.5. The van der Waals surface area contributed by atoms with E-state index in [4.69, 9.17) is 32.7 Å². The third-order valence-electron chi connectivity index (χ3n) is 5.86. The van der Waals surface area contributed by atoms with E-state index in [1.165, 1.54) is 12.1 Å². The highest BCUT2D eigenvalue weighted by atomic mass is 35.5. The largest absolute Gasteiger partial charge is 0.488 e. The molecule has 0 heterocycles. The number of hydrogen-bond donors (Lipinski definition) is 0. The molecule has 3 nitrogen and oxygen atoms in total. The molecule has 4 aliphatic rings. The van der Waals surface area contributed by atoms with Gasteiger partial charge in [-0.15, -0.1) is 11.6 Å². The Balaban J connectivity index is 1.54. The molecule has 6 heteroatoms. The highest BCUT2D eigenvalue weighted by molar-refractivity contribution is 6.32. The van der Waals surface area contributed by atoms with Crippen molar-refractivity contribution in [1.29, 1.82) is 0 Å². The van der Waals surface area contributed by atoms with Crippen LogP contribution in [0.2, 0.25) is 5.02 Å². The number of alkyl halides is 1. The number of benzene rings is 1. The first-order valence-electron chi connectivity index (χ1n) is 9.13. The quantitative estimate of drug-likeness (QED) is 0.488. The minimum absolute atomic E-state index is 0.0265. The minimum Gasteiger partial charge on any atom is -0.488 e. The van der Waals surface area contributed by atoms with Crippen LogP contribution >= 0.6 is 23.2 Å². The van der Waals surface area contributed by atoms with Gasteiger partial charge in [0.25, 0.3) is 0 Å². The van der Waals surface area contributed by atoms with Crippen LogP contribution in [-0.4, -0.2) is 22.5 Å². The summed E-state index contributed by atoms with van der Waals surface area (Å²) in [6, 6.07) is 2.50. The first-order valence-corrected chi connectivity index (χ1v) is 9.88. The van der Waals surface area contributed by atoms with Crippen molar-refractivity contribution < 1.29 is 18.7 Å². The van der Waals surface area contributed by atoms with E-state index in [1.807, 2.05) is 0 Å². The smallest absolute Gasteiger partial charge is 0.341 e. The van der Waals surface area contributed by atoms with Gasteiger partial charge in [-0.25, -0.2) is 9.18 Å². The third-order valence-corrected chi connectivity index (χ3v) is 6.62. The fourth-order valence-corrected chi connectivity index (χ4v) is 5.87. The zero-order valence-electron chi connectivity index (χ0n) is 15.2. The van der Waals surface area contributed by atoms with Gasteiger partial charge in [0.2, 0.25) is 0 Å². The maximum absolute atomic E-state index is 14.5. The highest BCUT2D eigenvalue weighted by Gasteiger charge is 2.61. The lowest BCUT2D eigenvalue weighted by Crippen LogP contribution is -2.39. The molecule has 4 fully saturated rings. The molecule has 0 amide bonds. The molecular formula is C20H23Cl2FO3. The molecule has 3 unspecified atom stereocenters. The van der Waals surface area contributed by atoms with Gasteiger partial charge in [-0.2, -0.15) is 0 Å². The van der Waals surface area contributed by atoms with Crippen molar-refractivity contribution in [3.05, 3.63) is 28.5 Å². The van der Waals surface area contributed by atoms with Crippen molar-refractivity contribution in [2.24, 2.45) is 17.8 Å².